The molecule has 0 aliphatic carbocycles. The second-order valence-corrected chi connectivity index (χ2v) is 9.98. The van der Waals surface area contributed by atoms with Crippen LogP contribution in [-0.4, -0.2) is 50.9 Å². The van der Waals surface area contributed by atoms with Gasteiger partial charge < -0.3 is 28.7 Å². The van der Waals surface area contributed by atoms with Gasteiger partial charge in [0, 0.05) is 0 Å². The summed E-state index contributed by atoms with van der Waals surface area (Å²) in [5, 5.41) is 1.96. The van der Waals surface area contributed by atoms with Crippen LogP contribution in [0.5, 0.6) is 5.75 Å². The SMILES string of the molecule is CCCCCCCCCCCCOc1ccc(CCCC(COP(O)OCC[NH2+]C)OC=O)cc1. The number of carbonyl (C=O) groups is 1. The molecule has 2 atom stereocenters. The van der Waals surface area contributed by atoms with E-state index in [0.717, 1.165) is 38.2 Å². The quantitative estimate of drug-likeness (QED) is 0.105. The lowest BCUT2D eigenvalue weighted by Crippen LogP contribution is -2.80. The Kier molecular flexibility index (Phi) is 21.1. The van der Waals surface area contributed by atoms with Crippen LogP contribution in [0, 0.1) is 0 Å². The molecule has 202 valence electrons. The van der Waals surface area contributed by atoms with E-state index in [0.29, 0.717) is 19.5 Å². The lowest BCUT2D eigenvalue weighted by Gasteiger charge is -2.17. The standard InChI is InChI=1S/C27H48NO6P/c1-3-4-5-6-7-8-9-10-11-12-21-31-26-18-16-25(17-19-26)14-13-15-27(32-24-29)23-34-35(30)33-22-20-28-2/h16-19,24,27-28,30H,3-15,20-23H2,1-2H3/p+1. The third-order valence-electron chi connectivity index (χ3n) is 5.91. The van der Waals surface area contributed by atoms with E-state index in [1.165, 1.54) is 63.4 Å². The molecule has 7 nitrogen and oxygen atoms in total. The number of ether oxygens (including phenoxy) is 2. The number of benzene rings is 1. The normalized spacial score (nSPS) is 12.9. The van der Waals surface area contributed by atoms with Gasteiger partial charge in [-0.25, -0.2) is 0 Å². The lowest BCUT2D eigenvalue weighted by atomic mass is 10.1. The van der Waals surface area contributed by atoms with Gasteiger partial charge in [0.2, 0.25) is 0 Å². The summed E-state index contributed by atoms with van der Waals surface area (Å²) in [5.74, 6) is 0.914. The zero-order valence-corrected chi connectivity index (χ0v) is 22.9. The van der Waals surface area contributed by atoms with Gasteiger partial charge in [-0.05, 0) is 43.4 Å². The summed E-state index contributed by atoms with van der Waals surface area (Å²) in [5.41, 5.74) is 1.21. The Morgan fingerprint density at radius 2 is 1.57 bits per heavy atom. The number of likely N-dealkylation sites (N-methyl/N-ethyl adjacent to an activating group) is 1. The number of aryl methyl sites for hydroxylation is 1. The van der Waals surface area contributed by atoms with Crippen molar-refractivity contribution in [3.05, 3.63) is 29.8 Å². The van der Waals surface area contributed by atoms with Crippen LogP contribution in [0.4, 0.5) is 0 Å². The average molecular weight is 515 g/mol. The lowest BCUT2D eigenvalue weighted by molar-refractivity contribution is -0.627. The van der Waals surface area contributed by atoms with Crippen LogP contribution in [0.15, 0.2) is 24.3 Å². The highest BCUT2D eigenvalue weighted by Gasteiger charge is 2.15. The third-order valence-corrected chi connectivity index (χ3v) is 6.68. The largest absolute Gasteiger partial charge is 0.494 e. The Balaban J connectivity index is 2.12. The average Bonchev–Trinajstić information content (AvgIpc) is 2.87. The summed E-state index contributed by atoms with van der Waals surface area (Å²) >= 11 is 0. The van der Waals surface area contributed by atoms with Crippen LogP contribution < -0.4 is 10.1 Å². The summed E-state index contributed by atoms with van der Waals surface area (Å²) in [6.07, 6.45) is 15.2. The number of rotatable bonds is 25. The minimum Gasteiger partial charge on any atom is -0.494 e. The fraction of sp³-hybridized carbons (Fsp3) is 0.741. The van der Waals surface area contributed by atoms with Crippen LogP contribution in [0.25, 0.3) is 0 Å². The molecule has 0 heterocycles. The first-order chi connectivity index (χ1) is 17.2. The smallest absolute Gasteiger partial charge is 0.330 e. The van der Waals surface area contributed by atoms with Gasteiger partial charge in [-0.3, -0.25) is 4.79 Å². The van der Waals surface area contributed by atoms with Crippen molar-refractivity contribution in [2.75, 3.05) is 33.4 Å². The molecule has 0 bridgehead atoms. The van der Waals surface area contributed by atoms with Crippen molar-refractivity contribution in [2.45, 2.75) is 96.5 Å². The van der Waals surface area contributed by atoms with E-state index in [-0.39, 0.29) is 6.61 Å². The van der Waals surface area contributed by atoms with Crippen molar-refractivity contribution in [1.82, 2.24) is 0 Å². The maximum atomic E-state index is 10.8. The van der Waals surface area contributed by atoms with Crippen molar-refractivity contribution in [3.8, 4) is 5.75 Å². The van der Waals surface area contributed by atoms with Gasteiger partial charge in [-0.15, -0.1) is 0 Å². The molecular formula is C27H49NO6P+. The molecule has 35 heavy (non-hydrogen) atoms. The number of nitrogens with two attached hydrogens (primary N) is 1. The minimum atomic E-state index is -1.94. The second kappa shape index (κ2) is 23.2. The molecule has 8 heteroatoms. The molecule has 2 unspecified atom stereocenters. The molecule has 0 saturated carbocycles. The van der Waals surface area contributed by atoms with Crippen molar-refractivity contribution in [1.29, 1.82) is 0 Å². The molecule has 1 rings (SSSR count). The highest BCUT2D eigenvalue weighted by atomic mass is 31.2. The van der Waals surface area contributed by atoms with Crippen LogP contribution in [0.1, 0.15) is 89.5 Å². The van der Waals surface area contributed by atoms with E-state index in [1.54, 1.807) is 0 Å². The zero-order valence-electron chi connectivity index (χ0n) is 22.0. The molecule has 0 fully saturated rings. The van der Waals surface area contributed by atoms with Crippen molar-refractivity contribution < 1.29 is 33.5 Å². The Morgan fingerprint density at radius 1 is 0.914 bits per heavy atom. The van der Waals surface area contributed by atoms with Crippen LogP contribution in [-0.2, 0) is 25.0 Å². The molecule has 0 amide bonds. The summed E-state index contributed by atoms with van der Waals surface area (Å²) in [6, 6.07) is 8.23. The van der Waals surface area contributed by atoms with E-state index >= 15 is 0 Å². The Hall–Kier alpha value is -1.24. The monoisotopic (exact) mass is 514 g/mol. The van der Waals surface area contributed by atoms with Gasteiger partial charge in [0.05, 0.1) is 26.8 Å². The zero-order chi connectivity index (χ0) is 25.4. The summed E-state index contributed by atoms with van der Waals surface area (Å²) in [7, 11) is -0.0135. The first-order valence-corrected chi connectivity index (χ1v) is 14.7. The molecule has 3 N–H and O–H groups in total. The van der Waals surface area contributed by atoms with Gasteiger partial charge in [0.15, 0.2) is 0 Å². The fourth-order valence-corrected chi connectivity index (χ4v) is 4.40. The summed E-state index contributed by atoms with van der Waals surface area (Å²) in [4.78, 5) is 20.5. The molecule has 0 spiro atoms. The van der Waals surface area contributed by atoms with Gasteiger partial charge in [0.25, 0.3) is 6.47 Å². The Labute approximate surface area is 214 Å². The number of carbonyl (C=O) groups excluding carboxylic acids is 1. The number of unbranched alkanes of at least 4 members (excludes halogenated alkanes) is 9. The van der Waals surface area contributed by atoms with E-state index < -0.39 is 14.7 Å². The van der Waals surface area contributed by atoms with Crippen molar-refractivity contribution in [2.24, 2.45) is 0 Å². The van der Waals surface area contributed by atoms with E-state index in [1.807, 2.05) is 24.5 Å². The van der Waals surface area contributed by atoms with E-state index in [2.05, 4.69) is 19.1 Å². The fourth-order valence-electron chi connectivity index (χ4n) is 3.77. The van der Waals surface area contributed by atoms with Crippen molar-refractivity contribution in [3.63, 3.8) is 0 Å². The maximum Gasteiger partial charge on any atom is 0.330 e. The van der Waals surface area contributed by atoms with Gasteiger partial charge >= 0.3 is 8.60 Å². The minimum absolute atomic E-state index is 0.127. The number of hydrogen-bond acceptors (Lipinski definition) is 6. The molecular weight excluding hydrogens is 465 g/mol. The van der Waals surface area contributed by atoms with Gasteiger partial charge in [0.1, 0.15) is 18.5 Å². The molecule has 1 aromatic carbocycles. The number of quaternary nitrogens is 1. The van der Waals surface area contributed by atoms with Gasteiger partial charge in [-0.2, -0.15) is 0 Å². The molecule has 0 aliphatic heterocycles. The van der Waals surface area contributed by atoms with Crippen LogP contribution >= 0.6 is 8.60 Å². The predicted molar refractivity (Wildman–Crippen MR) is 141 cm³/mol. The predicted octanol–water partition coefficient (Wildman–Crippen LogP) is 5.30. The number of hydrogen-bond donors (Lipinski definition) is 2. The van der Waals surface area contributed by atoms with Gasteiger partial charge in [-0.1, -0.05) is 76.8 Å². The highest BCUT2D eigenvalue weighted by Crippen LogP contribution is 2.32. The van der Waals surface area contributed by atoms with Crippen molar-refractivity contribution >= 4 is 15.1 Å². The third kappa shape index (κ3) is 18.7. The van der Waals surface area contributed by atoms with E-state index in [4.69, 9.17) is 18.5 Å². The van der Waals surface area contributed by atoms with Crippen LogP contribution in [0.2, 0.25) is 0 Å². The molecule has 0 radical (unpaired) electrons. The Bertz CT molecular complexity index is 604. The molecule has 0 saturated heterocycles. The maximum absolute atomic E-state index is 10.8. The second-order valence-electron chi connectivity index (χ2n) is 8.98. The first kappa shape index (κ1) is 31.8. The van der Waals surface area contributed by atoms with Crippen LogP contribution in [0.3, 0.4) is 0 Å². The summed E-state index contributed by atoms with van der Waals surface area (Å²) in [6.45, 7) is 4.76. The molecule has 0 aromatic heterocycles. The Morgan fingerprint density at radius 3 is 2.20 bits per heavy atom. The molecule has 0 aliphatic rings. The van der Waals surface area contributed by atoms with E-state index in [9.17, 15) is 9.69 Å². The summed E-state index contributed by atoms with van der Waals surface area (Å²) < 4.78 is 21.5. The molecule has 1 aromatic rings. The highest BCUT2D eigenvalue weighted by molar-refractivity contribution is 7.40. The first-order valence-electron chi connectivity index (χ1n) is 13.5. The topological polar surface area (TPSA) is 90.8 Å².